The molecule has 1 fully saturated rings. The topological polar surface area (TPSA) is 100 Å². The van der Waals surface area contributed by atoms with Crippen molar-refractivity contribution >= 4 is 17.4 Å². The third-order valence-electron chi connectivity index (χ3n) is 6.40. The number of carbonyl (C=O) groups is 1. The zero-order valence-corrected chi connectivity index (χ0v) is 21.3. The molecule has 1 amide bonds. The van der Waals surface area contributed by atoms with E-state index >= 15 is 0 Å². The van der Waals surface area contributed by atoms with Crippen molar-refractivity contribution in [2.45, 2.75) is 32.1 Å². The number of nitrogens with zero attached hydrogens (tertiary/aromatic N) is 5. The summed E-state index contributed by atoms with van der Waals surface area (Å²) in [6.45, 7) is 3.36. The number of amides is 1. The van der Waals surface area contributed by atoms with Crippen LogP contribution in [-0.2, 0) is 12.7 Å². The largest absolute Gasteiger partial charge is 0.416 e. The minimum absolute atomic E-state index is 0.0454. The standard InChI is InChI=1S/C27H28F3N7O/c1-17-18(4-6-21-8-9-25(31)35-34-21)12-20(14-32-17)26(38)33-22-7-5-19(24(13-22)27(28,29)30)15-37-11-10-23(16-37)36(2)3/h5,7-9,12-14,23H,10-11,15-16H2,1-3H3,(H2,31,35)(H,33,38)/t23-/m1/s1. The van der Waals surface area contributed by atoms with Crippen LogP contribution in [0.1, 0.15) is 44.9 Å². The summed E-state index contributed by atoms with van der Waals surface area (Å²) < 4.78 is 41.8. The third kappa shape index (κ3) is 6.65. The fourth-order valence-corrected chi connectivity index (χ4v) is 4.20. The van der Waals surface area contributed by atoms with Gasteiger partial charge in [-0.2, -0.15) is 13.2 Å². The number of halogens is 3. The highest BCUT2D eigenvalue weighted by molar-refractivity contribution is 6.04. The van der Waals surface area contributed by atoms with Gasteiger partial charge in [0.15, 0.2) is 0 Å². The molecule has 0 radical (unpaired) electrons. The number of likely N-dealkylation sites (N-methyl/N-ethyl adjacent to an activating group) is 1. The maximum atomic E-state index is 13.9. The third-order valence-corrected chi connectivity index (χ3v) is 6.40. The number of anilines is 2. The summed E-state index contributed by atoms with van der Waals surface area (Å²) in [5.74, 6) is 5.40. The van der Waals surface area contributed by atoms with Crippen molar-refractivity contribution in [1.29, 1.82) is 0 Å². The molecule has 3 aromatic rings. The number of rotatable bonds is 5. The molecule has 3 heterocycles. The molecule has 3 N–H and O–H groups in total. The molecular formula is C27H28F3N7O. The van der Waals surface area contributed by atoms with Crippen LogP contribution >= 0.6 is 0 Å². The molecule has 0 spiro atoms. The van der Waals surface area contributed by atoms with Crippen LogP contribution < -0.4 is 11.1 Å². The zero-order valence-electron chi connectivity index (χ0n) is 21.3. The molecule has 0 bridgehead atoms. The van der Waals surface area contributed by atoms with Gasteiger partial charge >= 0.3 is 6.18 Å². The summed E-state index contributed by atoms with van der Waals surface area (Å²) >= 11 is 0. The number of nitrogen functional groups attached to an aromatic ring is 1. The lowest BCUT2D eigenvalue weighted by molar-refractivity contribution is -0.138. The molecule has 1 saturated heterocycles. The lowest BCUT2D eigenvalue weighted by atomic mass is 10.0. The molecule has 11 heteroatoms. The summed E-state index contributed by atoms with van der Waals surface area (Å²) in [6, 6.07) is 8.93. The Labute approximate surface area is 219 Å². The van der Waals surface area contributed by atoms with Gasteiger partial charge < -0.3 is 16.0 Å². The normalized spacial score (nSPS) is 15.8. The van der Waals surface area contributed by atoms with Crippen LogP contribution in [-0.4, -0.2) is 64.1 Å². The molecule has 4 rings (SSSR count). The first-order chi connectivity index (χ1) is 18.0. The molecule has 38 heavy (non-hydrogen) atoms. The number of likely N-dealkylation sites (tertiary alicyclic amines) is 1. The average Bonchev–Trinajstić information content (AvgIpc) is 3.34. The number of benzene rings is 1. The quantitative estimate of drug-likeness (QED) is 0.493. The highest BCUT2D eigenvalue weighted by atomic mass is 19.4. The van der Waals surface area contributed by atoms with E-state index in [1.165, 1.54) is 24.4 Å². The van der Waals surface area contributed by atoms with Gasteiger partial charge in [0.05, 0.1) is 16.8 Å². The number of hydrogen-bond acceptors (Lipinski definition) is 7. The lowest BCUT2D eigenvalue weighted by Gasteiger charge is -2.22. The van der Waals surface area contributed by atoms with E-state index in [1.807, 2.05) is 19.0 Å². The van der Waals surface area contributed by atoms with Gasteiger partial charge in [-0.3, -0.25) is 14.7 Å². The zero-order chi connectivity index (χ0) is 27.4. The number of alkyl halides is 3. The minimum Gasteiger partial charge on any atom is -0.382 e. The van der Waals surface area contributed by atoms with Gasteiger partial charge in [0.2, 0.25) is 0 Å². The van der Waals surface area contributed by atoms with Gasteiger partial charge in [0.25, 0.3) is 5.91 Å². The van der Waals surface area contributed by atoms with Crippen LogP contribution in [0, 0.1) is 18.8 Å². The molecule has 1 aliphatic heterocycles. The molecule has 2 aromatic heterocycles. The Balaban J connectivity index is 1.52. The molecule has 0 unspecified atom stereocenters. The Morgan fingerprint density at radius 1 is 1.18 bits per heavy atom. The second-order valence-electron chi connectivity index (χ2n) is 9.42. The Hall–Kier alpha value is -4.01. The van der Waals surface area contributed by atoms with E-state index in [-0.39, 0.29) is 29.2 Å². The Bertz CT molecular complexity index is 1380. The molecule has 1 aliphatic rings. The van der Waals surface area contributed by atoms with Gasteiger partial charge in [0.1, 0.15) is 11.5 Å². The highest BCUT2D eigenvalue weighted by Crippen LogP contribution is 2.35. The van der Waals surface area contributed by atoms with Crippen LogP contribution in [0.2, 0.25) is 0 Å². The van der Waals surface area contributed by atoms with E-state index in [2.05, 4.69) is 37.2 Å². The first-order valence-corrected chi connectivity index (χ1v) is 12.0. The monoisotopic (exact) mass is 523 g/mol. The predicted octanol–water partition coefficient (Wildman–Crippen LogP) is 3.57. The Morgan fingerprint density at radius 2 is 1.97 bits per heavy atom. The number of nitrogens with one attached hydrogen (secondary N) is 1. The number of carbonyl (C=O) groups excluding carboxylic acids is 1. The van der Waals surface area contributed by atoms with E-state index in [0.29, 0.717) is 29.5 Å². The summed E-state index contributed by atoms with van der Waals surface area (Å²) in [7, 11) is 3.95. The summed E-state index contributed by atoms with van der Waals surface area (Å²) in [5.41, 5.74) is 6.59. The smallest absolute Gasteiger partial charge is 0.382 e. The van der Waals surface area contributed by atoms with Crippen LogP contribution in [0.25, 0.3) is 0 Å². The van der Waals surface area contributed by atoms with E-state index in [9.17, 15) is 18.0 Å². The first kappa shape index (κ1) is 27.0. The number of aromatic nitrogens is 3. The van der Waals surface area contributed by atoms with Crippen LogP contribution in [0.15, 0.2) is 42.6 Å². The molecule has 1 atom stereocenters. The van der Waals surface area contributed by atoms with Crippen LogP contribution in [0.3, 0.4) is 0 Å². The van der Waals surface area contributed by atoms with Gasteiger partial charge in [0, 0.05) is 43.1 Å². The van der Waals surface area contributed by atoms with Crippen molar-refractivity contribution in [1.82, 2.24) is 25.0 Å². The maximum Gasteiger partial charge on any atom is 0.416 e. The first-order valence-electron chi connectivity index (χ1n) is 12.0. The van der Waals surface area contributed by atoms with Gasteiger partial charge in [-0.1, -0.05) is 12.0 Å². The van der Waals surface area contributed by atoms with Crippen molar-refractivity contribution in [2.24, 2.45) is 0 Å². The van der Waals surface area contributed by atoms with Gasteiger partial charge in [-0.05, 0) is 69.3 Å². The Kier molecular flexibility index (Phi) is 7.94. The fourth-order valence-electron chi connectivity index (χ4n) is 4.20. The Morgan fingerprint density at radius 3 is 2.63 bits per heavy atom. The lowest BCUT2D eigenvalue weighted by Crippen LogP contribution is -2.31. The number of hydrogen-bond donors (Lipinski definition) is 2. The maximum absolute atomic E-state index is 13.9. The minimum atomic E-state index is -4.56. The molecule has 1 aromatic carbocycles. The second-order valence-corrected chi connectivity index (χ2v) is 9.42. The van der Waals surface area contributed by atoms with E-state index < -0.39 is 17.6 Å². The second kappa shape index (κ2) is 11.2. The molecular weight excluding hydrogens is 495 g/mol. The SMILES string of the molecule is Cc1ncc(C(=O)Nc2ccc(CN3CC[C@@H](N(C)C)C3)c(C(F)(F)F)c2)cc1C#Cc1ccc(N)nn1. The summed E-state index contributed by atoms with van der Waals surface area (Å²) in [4.78, 5) is 21.2. The van der Waals surface area contributed by atoms with Crippen LogP contribution in [0.4, 0.5) is 24.7 Å². The number of pyridine rings is 1. The van der Waals surface area contributed by atoms with E-state index in [0.717, 1.165) is 19.0 Å². The summed E-state index contributed by atoms with van der Waals surface area (Å²) in [5, 5.41) is 10.2. The van der Waals surface area contributed by atoms with E-state index in [1.54, 1.807) is 19.1 Å². The van der Waals surface area contributed by atoms with Crippen molar-refractivity contribution in [2.75, 3.05) is 38.2 Å². The van der Waals surface area contributed by atoms with Crippen molar-refractivity contribution < 1.29 is 18.0 Å². The van der Waals surface area contributed by atoms with Crippen molar-refractivity contribution in [3.05, 3.63) is 76.2 Å². The predicted molar refractivity (Wildman–Crippen MR) is 138 cm³/mol. The van der Waals surface area contributed by atoms with Crippen molar-refractivity contribution in [3.63, 3.8) is 0 Å². The molecule has 8 nitrogen and oxygen atoms in total. The van der Waals surface area contributed by atoms with Gasteiger partial charge in [-0.25, -0.2) is 0 Å². The molecule has 198 valence electrons. The van der Waals surface area contributed by atoms with Crippen molar-refractivity contribution in [3.8, 4) is 11.8 Å². The molecule has 0 aliphatic carbocycles. The van der Waals surface area contributed by atoms with E-state index in [4.69, 9.17) is 5.73 Å². The number of nitrogens with two attached hydrogens (primary N) is 1. The van der Waals surface area contributed by atoms with Gasteiger partial charge in [-0.15, -0.1) is 10.2 Å². The van der Waals surface area contributed by atoms with Crippen LogP contribution in [0.5, 0.6) is 0 Å². The highest BCUT2D eigenvalue weighted by Gasteiger charge is 2.35. The number of aryl methyl sites for hydroxylation is 1. The average molecular weight is 524 g/mol. The fraction of sp³-hybridized carbons (Fsp3) is 0.333. The summed E-state index contributed by atoms with van der Waals surface area (Å²) in [6.07, 6.45) is -2.30. The molecule has 0 saturated carbocycles.